The van der Waals surface area contributed by atoms with Gasteiger partial charge in [-0.1, -0.05) is 24.6 Å². The number of halogens is 3. The van der Waals surface area contributed by atoms with Crippen molar-refractivity contribution in [2.75, 3.05) is 25.6 Å². The van der Waals surface area contributed by atoms with Crippen LogP contribution in [0.15, 0.2) is 62.6 Å². The summed E-state index contributed by atoms with van der Waals surface area (Å²) < 4.78 is 17.8. The van der Waals surface area contributed by atoms with Crippen molar-refractivity contribution in [1.29, 1.82) is 0 Å². The van der Waals surface area contributed by atoms with Gasteiger partial charge in [-0.15, -0.1) is 0 Å². The summed E-state index contributed by atoms with van der Waals surface area (Å²) >= 11 is 13.0. The molecule has 0 spiro atoms. The first kappa shape index (κ1) is 29.5. The highest BCUT2D eigenvalue weighted by Crippen LogP contribution is 2.34. The van der Waals surface area contributed by atoms with E-state index in [2.05, 4.69) is 47.7 Å². The summed E-state index contributed by atoms with van der Waals surface area (Å²) in [5, 5.41) is 7.35. The van der Waals surface area contributed by atoms with E-state index in [-0.39, 0.29) is 12.5 Å². The van der Waals surface area contributed by atoms with Gasteiger partial charge in [0.1, 0.15) is 5.75 Å². The highest BCUT2D eigenvalue weighted by Gasteiger charge is 2.13. The second-order valence-electron chi connectivity index (χ2n) is 8.03. The van der Waals surface area contributed by atoms with Crippen molar-refractivity contribution in [2.45, 2.75) is 20.3 Å². The molecule has 0 heterocycles. The van der Waals surface area contributed by atoms with Crippen LogP contribution < -0.4 is 25.0 Å². The number of hydrogen-bond donors (Lipinski definition) is 2. The molecule has 38 heavy (non-hydrogen) atoms. The molecule has 3 aromatic carbocycles. The zero-order chi connectivity index (χ0) is 27.7. The van der Waals surface area contributed by atoms with Gasteiger partial charge in [-0.2, -0.15) is 5.10 Å². The molecule has 0 radical (unpaired) electrons. The van der Waals surface area contributed by atoms with Crippen molar-refractivity contribution < 1.29 is 23.8 Å². The van der Waals surface area contributed by atoms with E-state index in [0.29, 0.717) is 54.6 Å². The van der Waals surface area contributed by atoms with Crippen molar-refractivity contribution >= 4 is 67.2 Å². The zero-order valence-corrected chi connectivity index (χ0v) is 24.9. The van der Waals surface area contributed by atoms with E-state index in [1.165, 1.54) is 13.3 Å². The summed E-state index contributed by atoms with van der Waals surface area (Å²) in [6.45, 7) is 4.23. The molecule has 3 aromatic rings. The molecule has 2 amide bonds. The Bertz CT molecular complexity index is 1330. The lowest BCUT2D eigenvalue weighted by atomic mass is 10.2. The second-order valence-corrected chi connectivity index (χ2v) is 10.1. The standard InChI is InChI=1S/C27H26Br2ClN3O5/c1-4-9-37-23-8-6-18(12-24(23)36-3)27(35)33-31-14-17-10-20(28)26(21(29)11-17)38-15-25(34)32-19-7-5-16(2)22(30)13-19/h5-8,10-14H,4,9,15H2,1-3H3,(H,32,34)(H,33,35)/b31-14+. The smallest absolute Gasteiger partial charge is 0.271 e. The van der Waals surface area contributed by atoms with Crippen molar-refractivity contribution in [2.24, 2.45) is 5.10 Å². The lowest BCUT2D eigenvalue weighted by Gasteiger charge is -2.12. The van der Waals surface area contributed by atoms with Crippen molar-refractivity contribution in [3.63, 3.8) is 0 Å². The Morgan fingerprint density at radius 2 is 1.76 bits per heavy atom. The molecule has 8 nitrogen and oxygen atoms in total. The molecule has 200 valence electrons. The molecule has 2 N–H and O–H groups in total. The minimum atomic E-state index is -0.402. The van der Waals surface area contributed by atoms with E-state index < -0.39 is 5.91 Å². The van der Waals surface area contributed by atoms with Crippen LogP contribution in [-0.4, -0.2) is 38.4 Å². The lowest BCUT2D eigenvalue weighted by Crippen LogP contribution is -2.20. The number of hydrazone groups is 1. The van der Waals surface area contributed by atoms with E-state index in [1.807, 2.05) is 19.9 Å². The number of rotatable bonds is 11. The van der Waals surface area contributed by atoms with Gasteiger partial charge < -0.3 is 19.5 Å². The molecule has 0 saturated carbocycles. The Morgan fingerprint density at radius 3 is 2.42 bits per heavy atom. The fraction of sp³-hybridized carbons (Fsp3) is 0.222. The largest absolute Gasteiger partial charge is 0.493 e. The number of benzene rings is 3. The van der Waals surface area contributed by atoms with Gasteiger partial charge >= 0.3 is 0 Å². The Kier molecular flexibility index (Phi) is 11.0. The van der Waals surface area contributed by atoms with Gasteiger partial charge in [0.2, 0.25) is 0 Å². The van der Waals surface area contributed by atoms with Crippen LogP contribution in [0, 0.1) is 6.92 Å². The number of amides is 2. The first-order chi connectivity index (χ1) is 18.2. The van der Waals surface area contributed by atoms with Crippen LogP contribution in [0.1, 0.15) is 34.8 Å². The minimum Gasteiger partial charge on any atom is -0.493 e. The average Bonchev–Trinajstić information content (AvgIpc) is 2.89. The second kappa shape index (κ2) is 14.2. The summed E-state index contributed by atoms with van der Waals surface area (Å²) in [7, 11) is 1.52. The quantitative estimate of drug-likeness (QED) is 0.174. The summed E-state index contributed by atoms with van der Waals surface area (Å²) in [4.78, 5) is 24.8. The van der Waals surface area contributed by atoms with E-state index in [4.69, 9.17) is 25.8 Å². The van der Waals surface area contributed by atoms with Crippen molar-refractivity contribution in [3.05, 3.63) is 79.2 Å². The normalized spacial score (nSPS) is 10.8. The van der Waals surface area contributed by atoms with Gasteiger partial charge in [0.15, 0.2) is 18.1 Å². The summed E-state index contributed by atoms with van der Waals surface area (Å²) in [6, 6.07) is 13.7. The number of hydrogen-bond acceptors (Lipinski definition) is 6. The minimum absolute atomic E-state index is 0.210. The highest BCUT2D eigenvalue weighted by molar-refractivity contribution is 9.11. The molecule has 0 aliphatic heterocycles. The molecule has 0 aromatic heterocycles. The SMILES string of the molecule is CCCOc1ccc(C(=O)N/N=C/c2cc(Br)c(OCC(=O)Nc3ccc(C)c(Cl)c3)c(Br)c2)cc1OC. The molecular formula is C27H26Br2ClN3O5. The summed E-state index contributed by atoms with van der Waals surface area (Å²) in [5.74, 6) is 0.748. The van der Waals surface area contributed by atoms with E-state index in [0.717, 1.165) is 12.0 Å². The lowest BCUT2D eigenvalue weighted by molar-refractivity contribution is -0.118. The van der Waals surface area contributed by atoms with Gasteiger partial charge in [0.25, 0.3) is 11.8 Å². The Morgan fingerprint density at radius 1 is 1.03 bits per heavy atom. The molecular weight excluding hydrogens is 642 g/mol. The molecule has 0 aliphatic carbocycles. The van der Waals surface area contributed by atoms with Gasteiger partial charge in [0, 0.05) is 16.3 Å². The molecule has 3 rings (SSSR count). The van der Waals surface area contributed by atoms with Gasteiger partial charge in [-0.05, 0) is 98.8 Å². The number of nitrogens with zero attached hydrogens (tertiary/aromatic N) is 1. The fourth-order valence-corrected chi connectivity index (χ4v) is 4.80. The number of carbonyl (C=O) groups excluding carboxylic acids is 2. The Hall–Kier alpha value is -3.08. The molecule has 11 heteroatoms. The first-order valence-corrected chi connectivity index (χ1v) is 13.5. The molecule has 0 unspecified atom stereocenters. The summed E-state index contributed by atoms with van der Waals surface area (Å²) in [5.41, 5.74) is 5.05. The van der Waals surface area contributed by atoms with Crippen LogP contribution in [0.3, 0.4) is 0 Å². The Labute approximate surface area is 242 Å². The van der Waals surface area contributed by atoms with Crippen molar-refractivity contribution in [1.82, 2.24) is 5.43 Å². The van der Waals surface area contributed by atoms with Crippen LogP contribution in [0.2, 0.25) is 5.02 Å². The monoisotopic (exact) mass is 665 g/mol. The zero-order valence-electron chi connectivity index (χ0n) is 20.9. The van der Waals surface area contributed by atoms with Crippen LogP contribution in [0.5, 0.6) is 17.2 Å². The third kappa shape index (κ3) is 8.21. The van der Waals surface area contributed by atoms with E-state index in [9.17, 15) is 9.59 Å². The molecule has 0 bridgehead atoms. The van der Waals surface area contributed by atoms with Crippen molar-refractivity contribution in [3.8, 4) is 17.2 Å². The van der Waals surface area contributed by atoms with Crippen LogP contribution in [0.4, 0.5) is 5.69 Å². The van der Waals surface area contributed by atoms with Gasteiger partial charge in [0.05, 0.1) is 28.9 Å². The number of carbonyl (C=O) groups is 2. The predicted octanol–water partition coefficient (Wildman–Crippen LogP) is 6.75. The molecule has 0 aliphatic rings. The van der Waals surface area contributed by atoms with E-state index >= 15 is 0 Å². The fourth-order valence-electron chi connectivity index (χ4n) is 3.17. The molecule has 0 saturated heterocycles. The maximum absolute atomic E-state index is 12.5. The first-order valence-electron chi connectivity index (χ1n) is 11.5. The highest BCUT2D eigenvalue weighted by atomic mass is 79.9. The van der Waals surface area contributed by atoms with Gasteiger partial charge in [-0.25, -0.2) is 5.43 Å². The number of anilines is 1. The van der Waals surface area contributed by atoms with Gasteiger partial charge in [-0.3, -0.25) is 9.59 Å². The number of nitrogens with one attached hydrogen (secondary N) is 2. The number of aryl methyl sites for hydroxylation is 1. The molecule has 0 fully saturated rings. The topological polar surface area (TPSA) is 98.3 Å². The maximum atomic E-state index is 12.5. The third-order valence-corrected chi connectivity index (χ3v) is 6.68. The number of methoxy groups -OCH3 is 1. The average molecular weight is 668 g/mol. The van der Waals surface area contributed by atoms with Crippen LogP contribution in [-0.2, 0) is 4.79 Å². The Balaban J connectivity index is 1.58. The number of ether oxygens (including phenoxy) is 3. The van der Waals surface area contributed by atoms with E-state index in [1.54, 1.807) is 42.5 Å². The maximum Gasteiger partial charge on any atom is 0.271 e. The van der Waals surface area contributed by atoms with Crippen LogP contribution >= 0.6 is 43.5 Å². The third-order valence-electron chi connectivity index (χ3n) is 5.09. The predicted molar refractivity (Wildman–Crippen MR) is 156 cm³/mol. The molecule has 0 atom stereocenters. The van der Waals surface area contributed by atoms with Crippen LogP contribution in [0.25, 0.3) is 0 Å². The summed E-state index contributed by atoms with van der Waals surface area (Å²) in [6.07, 6.45) is 2.35.